The second-order valence-corrected chi connectivity index (χ2v) is 6.37. The van der Waals surface area contributed by atoms with E-state index in [2.05, 4.69) is 9.71 Å². The minimum absolute atomic E-state index is 0.111. The van der Waals surface area contributed by atoms with Crippen LogP contribution >= 0.6 is 0 Å². The third-order valence-electron chi connectivity index (χ3n) is 3.14. The van der Waals surface area contributed by atoms with Crippen molar-refractivity contribution in [2.75, 3.05) is 11.8 Å². The number of rotatable bonds is 6. The summed E-state index contributed by atoms with van der Waals surface area (Å²) < 4.78 is 32.4. The lowest BCUT2D eigenvalue weighted by Crippen LogP contribution is -2.15. The molecule has 0 radical (unpaired) electrons. The number of aromatic nitrogens is 1. The molecule has 0 bridgehead atoms. The molecule has 0 aliphatic carbocycles. The number of hydrogen-bond acceptors (Lipinski definition) is 5. The van der Waals surface area contributed by atoms with E-state index in [-0.39, 0.29) is 22.0 Å². The number of sulfonamides is 1. The number of hydrogen-bond donors (Lipinski definition) is 2. The Bertz CT molecular complexity index is 835. The van der Waals surface area contributed by atoms with Crippen molar-refractivity contribution in [2.24, 2.45) is 0 Å². The highest BCUT2D eigenvalue weighted by Gasteiger charge is 2.19. The average molecular weight is 366 g/mol. The largest absolute Gasteiger partial charge is 0.480 e. The van der Waals surface area contributed by atoms with Crippen LogP contribution in [0.15, 0.2) is 41.4 Å². The van der Waals surface area contributed by atoms with Gasteiger partial charge < -0.3 is 9.84 Å². The van der Waals surface area contributed by atoms with E-state index in [1.165, 1.54) is 25.3 Å². The third-order valence-corrected chi connectivity index (χ3v) is 4.51. The van der Waals surface area contributed by atoms with Crippen LogP contribution in [0.4, 0.5) is 5.69 Å². The molecular weight excluding hydrogens is 344 g/mol. The van der Waals surface area contributed by atoms with Gasteiger partial charge in [-0.15, -0.1) is 0 Å². The van der Waals surface area contributed by atoms with Crippen LogP contribution in [0, 0.1) is 0 Å². The molecule has 0 atom stereocenters. The molecule has 0 unspecified atom stereocenters. The van der Waals surface area contributed by atoms with Gasteiger partial charge in [-0.1, -0.05) is 26.8 Å². The number of methoxy groups -OCH3 is 1. The molecule has 2 aromatic rings. The van der Waals surface area contributed by atoms with Gasteiger partial charge in [-0.2, -0.15) is 0 Å². The molecular formula is C17H22N2O5S. The fourth-order valence-corrected chi connectivity index (χ4v) is 3.02. The Labute approximate surface area is 147 Å². The molecule has 0 spiro atoms. The highest BCUT2D eigenvalue weighted by Crippen LogP contribution is 2.26. The lowest BCUT2D eigenvalue weighted by atomic mass is 10.2. The van der Waals surface area contributed by atoms with Crippen molar-refractivity contribution in [3.8, 4) is 5.88 Å². The molecule has 2 N–H and O–H groups in total. The van der Waals surface area contributed by atoms with Gasteiger partial charge in [-0.3, -0.25) is 4.72 Å². The highest BCUT2D eigenvalue weighted by molar-refractivity contribution is 7.92. The van der Waals surface area contributed by atoms with Crippen LogP contribution in [0.25, 0.3) is 0 Å². The second kappa shape index (κ2) is 9.03. The molecule has 0 amide bonds. The topological polar surface area (TPSA) is 106 Å². The number of anilines is 1. The summed E-state index contributed by atoms with van der Waals surface area (Å²) in [6, 6.07) is 6.73. The Kier molecular flexibility index (Phi) is 7.38. The molecule has 0 aliphatic heterocycles. The molecule has 1 aromatic heterocycles. The highest BCUT2D eigenvalue weighted by atomic mass is 32.2. The summed E-state index contributed by atoms with van der Waals surface area (Å²) in [5.41, 5.74) is 0.927. The maximum atomic E-state index is 12.5. The molecule has 2 rings (SSSR count). The van der Waals surface area contributed by atoms with Gasteiger partial charge in [0.2, 0.25) is 5.88 Å². The van der Waals surface area contributed by atoms with Crippen LogP contribution in [0.5, 0.6) is 5.88 Å². The lowest BCUT2D eigenvalue weighted by molar-refractivity contribution is 0.0696. The molecule has 0 saturated carbocycles. The minimum atomic E-state index is -3.96. The Morgan fingerprint density at radius 3 is 2.52 bits per heavy atom. The molecule has 1 heterocycles. The predicted molar refractivity (Wildman–Crippen MR) is 95.7 cm³/mol. The number of carboxylic acid groups (broad SMARTS) is 1. The zero-order valence-corrected chi connectivity index (χ0v) is 15.4. The number of nitrogens with zero attached hydrogens (tertiary/aromatic N) is 1. The molecule has 0 aliphatic rings. The Balaban J connectivity index is 0.00000151. The summed E-state index contributed by atoms with van der Waals surface area (Å²) in [5, 5.41) is 8.97. The van der Waals surface area contributed by atoms with Crippen LogP contribution in [0.2, 0.25) is 0 Å². The number of carboxylic acids is 1. The van der Waals surface area contributed by atoms with Crippen molar-refractivity contribution in [1.82, 2.24) is 4.98 Å². The van der Waals surface area contributed by atoms with Gasteiger partial charge >= 0.3 is 5.97 Å². The quantitative estimate of drug-likeness (QED) is 0.813. The van der Waals surface area contributed by atoms with Crippen molar-refractivity contribution >= 4 is 21.7 Å². The van der Waals surface area contributed by atoms with E-state index >= 15 is 0 Å². The standard InChI is InChI=1S/C15H16N2O5S.C2H6/c1-3-10-7-13(14(22-2)16-9-10)17-23(20,21)12-6-4-5-11(8-12)15(18)19;1-2/h4-9,17H,3H2,1-2H3,(H,18,19);1-2H3. The summed E-state index contributed by atoms with van der Waals surface area (Å²) in [7, 11) is -2.57. The lowest BCUT2D eigenvalue weighted by Gasteiger charge is -2.12. The van der Waals surface area contributed by atoms with Gasteiger partial charge in [0.25, 0.3) is 10.0 Å². The summed E-state index contributed by atoms with van der Waals surface area (Å²) in [6.07, 6.45) is 2.28. The predicted octanol–water partition coefficient (Wildman–Crippen LogP) is 3.18. The SMILES string of the molecule is CC.CCc1cnc(OC)c(NS(=O)(=O)c2cccc(C(=O)O)c2)c1. The summed E-state index contributed by atoms with van der Waals surface area (Å²) >= 11 is 0. The number of carbonyl (C=O) groups is 1. The van der Waals surface area contributed by atoms with Crippen molar-refractivity contribution in [1.29, 1.82) is 0 Å². The fourth-order valence-electron chi connectivity index (χ4n) is 1.92. The molecule has 0 fully saturated rings. The molecule has 1 aromatic carbocycles. The van der Waals surface area contributed by atoms with Gasteiger partial charge in [0.1, 0.15) is 5.69 Å². The Hall–Kier alpha value is -2.61. The summed E-state index contributed by atoms with van der Waals surface area (Å²) in [6.45, 7) is 5.91. The van der Waals surface area contributed by atoms with E-state index in [0.717, 1.165) is 11.6 Å². The minimum Gasteiger partial charge on any atom is -0.480 e. The van der Waals surface area contributed by atoms with E-state index in [1.807, 2.05) is 20.8 Å². The van der Waals surface area contributed by atoms with Crippen molar-refractivity contribution in [2.45, 2.75) is 32.1 Å². The first-order chi connectivity index (χ1) is 11.9. The zero-order valence-electron chi connectivity index (χ0n) is 14.6. The first-order valence-corrected chi connectivity index (χ1v) is 9.24. The Morgan fingerprint density at radius 1 is 1.28 bits per heavy atom. The van der Waals surface area contributed by atoms with E-state index in [4.69, 9.17) is 9.84 Å². The van der Waals surface area contributed by atoms with E-state index < -0.39 is 16.0 Å². The van der Waals surface area contributed by atoms with E-state index in [1.54, 1.807) is 12.3 Å². The van der Waals surface area contributed by atoms with Crippen LogP contribution in [0.1, 0.15) is 36.7 Å². The first kappa shape index (κ1) is 20.4. The molecule has 136 valence electrons. The molecule has 8 heteroatoms. The van der Waals surface area contributed by atoms with Gasteiger partial charge in [0.15, 0.2) is 0 Å². The molecule has 0 saturated heterocycles. The van der Waals surface area contributed by atoms with Gasteiger partial charge in [0.05, 0.1) is 17.6 Å². The number of pyridine rings is 1. The monoisotopic (exact) mass is 366 g/mol. The maximum absolute atomic E-state index is 12.5. The van der Waals surface area contributed by atoms with Crippen molar-refractivity contribution < 1.29 is 23.1 Å². The van der Waals surface area contributed by atoms with Crippen molar-refractivity contribution in [3.05, 3.63) is 47.7 Å². The smallest absolute Gasteiger partial charge is 0.335 e. The number of benzene rings is 1. The van der Waals surface area contributed by atoms with Gasteiger partial charge in [0, 0.05) is 6.20 Å². The number of aryl methyl sites for hydroxylation is 1. The average Bonchev–Trinajstić information content (AvgIpc) is 2.63. The molecule has 7 nitrogen and oxygen atoms in total. The summed E-state index contributed by atoms with van der Waals surface area (Å²) in [4.78, 5) is 14.9. The van der Waals surface area contributed by atoms with E-state index in [0.29, 0.717) is 6.42 Å². The number of ether oxygens (including phenoxy) is 1. The maximum Gasteiger partial charge on any atom is 0.335 e. The second-order valence-electron chi connectivity index (χ2n) is 4.69. The Morgan fingerprint density at radius 2 is 1.96 bits per heavy atom. The first-order valence-electron chi connectivity index (χ1n) is 7.76. The number of nitrogens with one attached hydrogen (secondary N) is 1. The van der Waals surface area contributed by atoms with Crippen LogP contribution in [0.3, 0.4) is 0 Å². The number of aromatic carboxylic acids is 1. The van der Waals surface area contributed by atoms with Gasteiger partial charge in [-0.25, -0.2) is 18.2 Å². The van der Waals surface area contributed by atoms with E-state index in [9.17, 15) is 13.2 Å². The van der Waals surface area contributed by atoms with Crippen molar-refractivity contribution in [3.63, 3.8) is 0 Å². The third kappa shape index (κ3) is 5.18. The van der Waals surface area contributed by atoms with Crippen LogP contribution in [-0.4, -0.2) is 31.6 Å². The summed E-state index contributed by atoms with van der Waals surface area (Å²) in [5.74, 6) is -1.06. The molecule has 25 heavy (non-hydrogen) atoms. The normalized spacial score (nSPS) is 10.4. The van der Waals surface area contributed by atoms with Crippen LogP contribution in [-0.2, 0) is 16.4 Å². The fraction of sp³-hybridized carbons (Fsp3) is 0.294. The zero-order chi connectivity index (χ0) is 19.0. The van der Waals surface area contributed by atoms with Crippen LogP contribution < -0.4 is 9.46 Å². The van der Waals surface area contributed by atoms with Gasteiger partial charge in [-0.05, 0) is 36.2 Å².